The summed E-state index contributed by atoms with van der Waals surface area (Å²) in [6.07, 6.45) is 0.942. The molecular weight excluding hydrogens is 277 g/mol. The number of hydrogen-bond donors (Lipinski definition) is 2. The van der Waals surface area contributed by atoms with Crippen molar-refractivity contribution < 1.29 is 14.1 Å². The molecule has 0 unspecified atom stereocenters. The van der Waals surface area contributed by atoms with Crippen LogP contribution in [0.2, 0.25) is 0 Å². The van der Waals surface area contributed by atoms with Gasteiger partial charge in [0, 0.05) is 18.6 Å². The Morgan fingerprint density at radius 3 is 2.67 bits per heavy atom. The number of nitro groups is 1. The van der Waals surface area contributed by atoms with Crippen LogP contribution in [0.3, 0.4) is 0 Å². The molecule has 0 aliphatic carbocycles. The Bertz CT molecular complexity index is 520. The number of benzene rings is 1. The predicted molar refractivity (Wildman–Crippen MR) is 78.3 cm³/mol. The van der Waals surface area contributed by atoms with Gasteiger partial charge in [0.25, 0.3) is 5.69 Å². The molecule has 0 aliphatic heterocycles. The van der Waals surface area contributed by atoms with Crippen molar-refractivity contribution in [3.8, 4) is 0 Å². The maximum Gasteiger partial charge on any atom is 0.292 e. The molecule has 0 aliphatic rings. The molecule has 1 amide bonds. The number of nitrogens with one attached hydrogen (secondary N) is 1. The Morgan fingerprint density at radius 2 is 2.14 bits per heavy atom. The van der Waals surface area contributed by atoms with E-state index in [9.17, 15) is 19.3 Å². The Morgan fingerprint density at radius 1 is 1.48 bits per heavy atom. The third kappa shape index (κ3) is 5.47. The van der Waals surface area contributed by atoms with Gasteiger partial charge in [0.05, 0.1) is 4.92 Å². The topological polar surface area (TPSA) is 98.3 Å². The number of carbonyl (C=O) groups excluding carboxylic acids is 1. The minimum absolute atomic E-state index is 0.00221. The standard InChI is InChI=1S/C14H20FN3O3/c1-9(2)5-10(8-16)6-14(19)17-12-7-11(15)3-4-13(12)18(20)21/h3-4,7,9-10H,5-6,8,16H2,1-2H3,(H,17,19)/t10-/m0/s1. The van der Waals surface area contributed by atoms with Gasteiger partial charge in [-0.25, -0.2) is 4.39 Å². The van der Waals surface area contributed by atoms with Crippen LogP contribution >= 0.6 is 0 Å². The Labute approximate surface area is 122 Å². The first kappa shape index (κ1) is 17.0. The largest absolute Gasteiger partial charge is 0.330 e. The lowest BCUT2D eigenvalue weighted by atomic mass is 9.94. The molecule has 21 heavy (non-hydrogen) atoms. The summed E-state index contributed by atoms with van der Waals surface area (Å²) >= 11 is 0. The summed E-state index contributed by atoms with van der Waals surface area (Å²) in [5.41, 5.74) is 5.15. The van der Waals surface area contributed by atoms with Gasteiger partial charge in [0.15, 0.2) is 0 Å². The molecule has 3 N–H and O–H groups in total. The number of halogens is 1. The summed E-state index contributed by atoms with van der Waals surface area (Å²) in [6.45, 7) is 4.41. The van der Waals surface area contributed by atoms with Gasteiger partial charge in [-0.2, -0.15) is 0 Å². The molecule has 116 valence electrons. The van der Waals surface area contributed by atoms with Crippen LogP contribution in [0.1, 0.15) is 26.7 Å². The molecular formula is C14H20FN3O3. The van der Waals surface area contributed by atoms with Crippen molar-refractivity contribution in [2.75, 3.05) is 11.9 Å². The van der Waals surface area contributed by atoms with E-state index < -0.39 is 16.6 Å². The van der Waals surface area contributed by atoms with E-state index in [4.69, 9.17) is 5.73 Å². The average molecular weight is 297 g/mol. The third-order valence-electron chi connectivity index (χ3n) is 3.04. The van der Waals surface area contributed by atoms with E-state index in [2.05, 4.69) is 5.32 Å². The van der Waals surface area contributed by atoms with E-state index in [1.807, 2.05) is 13.8 Å². The van der Waals surface area contributed by atoms with Crippen LogP contribution in [0.4, 0.5) is 15.8 Å². The molecule has 0 saturated heterocycles. The van der Waals surface area contributed by atoms with Gasteiger partial charge >= 0.3 is 0 Å². The first-order valence-electron chi connectivity index (χ1n) is 6.77. The molecule has 0 radical (unpaired) electrons. The zero-order valence-electron chi connectivity index (χ0n) is 12.1. The predicted octanol–water partition coefficient (Wildman–Crippen LogP) is 2.68. The van der Waals surface area contributed by atoms with Crippen molar-refractivity contribution in [2.45, 2.75) is 26.7 Å². The van der Waals surface area contributed by atoms with Gasteiger partial charge in [0.1, 0.15) is 11.5 Å². The lowest BCUT2D eigenvalue weighted by Crippen LogP contribution is -2.23. The van der Waals surface area contributed by atoms with Crippen LogP contribution in [0.15, 0.2) is 18.2 Å². The van der Waals surface area contributed by atoms with Crippen LogP contribution < -0.4 is 11.1 Å². The maximum absolute atomic E-state index is 13.2. The highest BCUT2D eigenvalue weighted by Gasteiger charge is 2.19. The minimum atomic E-state index is -0.663. The van der Waals surface area contributed by atoms with Crippen LogP contribution in [0, 0.1) is 27.8 Å². The highest BCUT2D eigenvalue weighted by Crippen LogP contribution is 2.25. The molecule has 6 nitrogen and oxygen atoms in total. The van der Waals surface area contributed by atoms with Gasteiger partial charge in [-0.3, -0.25) is 14.9 Å². The number of nitro benzene ring substituents is 1. The zero-order valence-corrected chi connectivity index (χ0v) is 12.1. The molecule has 1 aromatic rings. The summed E-state index contributed by atoms with van der Waals surface area (Å²) in [4.78, 5) is 22.1. The molecule has 1 rings (SSSR count). The molecule has 0 bridgehead atoms. The SMILES string of the molecule is CC(C)C[C@H](CN)CC(=O)Nc1cc(F)ccc1[N+](=O)[O-]. The second-order valence-electron chi connectivity index (χ2n) is 5.40. The smallest absolute Gasteiger partial charge is 0.292 e. The number of amides is 1. The average Bonchev–Trinajstić information content (AvgIpc) is 2.36. The summed E-state index contributed by atoms with van der Waals surface area (Å²) in [5.74, 6) is -0.652. The quantitative estimate of drug-likeness (QED) is 0.597. The minimum Gasteiger partial charge on any atom is -0.330 e. The van der Waals surface area contributed by atoms with Gasteiger partial charge in [-0.05, 0) is 30.9 Å². The van der Waals surface area contributed by atoms with Crippen molar-refractivity contribution in [3.63, 3.8) is 0 Å². The number of hydrogen-bond acceptors (Lipinski definition) is 4. The van der Waals surface area contributed by atoms with Crippen molar-refractivity contribution in [1.29, 1.82) is 0 Å². The monoisotopic (exact) mass is 297 g/mol. The van der Waals surface area contributed by atoms with Crippen LogP contribution in [-0.2, 0) is 4.79 Å². The highest BCUT2D eigenvalue weighted by atomic mass is 19.1. The van der Waals surface area contributed by atoms with E-state index in [0.29, 0.717) is 12.5 Å². The van der Waals surface area contributed by atoms with Crippen molar-refractivity contribution in [2.24, 2.45) is 17.6 Å². The van der Waals surface area contributed by atoms with Crippen molar-refractivity contribution in [1.82, 2.24) is 0 Å². The zero-order chi connectivity index (χ0) is 16.0. The second-order valence-corrected chi connectivity index (χ2v) is 5.40. The van der Waals surface area contributed by atoms with Crippen LogP contribution in [0.25, 0.3) is 0 Å². The van der Waals surface area contributed by atoms with E-state index >= 15 is 0 Å². The lowest BCUT2D eigenvalue weighted by molar-refractivity contribution is -0.384. The molecule has 0 saturated carbocycles. The van der Waals surface area contributed by atoms with Crippen molar-refractivity contribution in [3.05, 3.63) is 34.1 Å². The van der Waals surface area contributed by atoms with Gasteiger partial charge in [-0.1, -0.05) is 13.8 Å². The second kappa shape index (κ2) is 7.68. The fourth-order valence-corrected chi connectivity index (χ4v) is 2.16. The maximum atomic E-state index is 13.2. The Balaban J connectivity index is 2.78. The Kier molecular flexibility index (Phi) is 6.23. The molecule has 1 atom stereocenters. The van der Waals surface area contributed by atoms with Crippen molar-refractivity contribution >= 4 is 17.3 Å². The molecule has 0 heterocycles. The molecule has 0 fully saturated rings. The van der Waals surface area contributed by atoms with E-state index in [0.717, 1.165) is 24.6 Å². The highest BCUT2D eigenvalue weighted by molar-refractivity contribution is 5.93. The summed E-state index contributed by atoms with van der Waals surface area (Å²) in [6, 6.07) is 2.95. The van der Waals surface area contributed by atoms with Crippen LogP contribution in [0.5, 0.6) is 0 Å². The fraction of sp³-hybridized carbons (Fsp3) is 0.500. The molecule has 0 aromatic heterocycles. The number of anilines is 1. The molecule has 7 heteroatoms. The van der Waals surface area contributed by atoms with Gasteiger partial charge in [0.2, 0.25) is 5.91 Å². The normalized spacial score (nSPS) is 12.2. The number of nitrogens with two attached hydrogens (primary N) is 1. The fourth-order valence-electron chi connectivity index (χ4n) is 2.16. The van der Waals surface area contributed by atoms with Crippen LogP contribution in [-0.4, -0.2) is 17.4 Å². The van der Waals surface area contributed by atoms with Gasteiger partial charge in [-0.15, -0.1) is 0 Å². The summed E-state index contributed by atoms with van der Waals surface area (Å²) < 4.78 is 13.2. The Hall–Kier alpha value is -2.02. The summed E-state index contributed by atoms with van der Waals surface area (Å²) in [7, 11) is 0. The lowest BCUT2D eigenvalue weighted by Gasteiger charge is -2.16. The molecule has 0 spiro atoms. The number of carbonyl (C=O) groups is 1. The number of nitrogens with zero attached hydrogens (tertiary/aromatic N) is 1. The number of rotatable bonds is 7. The van der Waals surface area contributed by atoms with Gasteiger partial charge < -0.3 is 11.1 Å². The first-order chi connectivity index (χ1) is 9.83. The molecule has 1 aromatic carbocycles. The van der Waals surface area contributed by atoms with E-state index in [1.54, 1.807) is 0 Å². The van der Waals surface area contributed by atoms with E-state index in [-0.39, 0.29) is 23.7 Å². The summed E-state index contributed by atoms with van der Waals surface area (Å²) in [5, 5.41) is 13.2. The third-order valence-corrected chi connectivity index (χ3v) is 3.04. The first-order valence-corrected chi connectivity index (χ1v) is 6.77. The van der Waals surface area contributed by atoms with E-state index in [1.165, 1.54) is 0 Å².